The molecule has 1 fully saturated rings. The molecule has 1 heterocycles. The van der Waals surface area contributed by atoms with Gasteiger partial charge >= 0.3 is 0 Å². The Morgan fingerprint density at radius 3 is 2.75 bits per heavy atom. The highest BCUT2D eigenvalue weighted by Crippen LogP contribution is 2.24. The van der Waals surface area contributed by atoms with Crippen molar-refractivity contribution in [2.45, 2.75) is 51.7 Å². The molecule has 0 aromatic carbocycles. The fourth-order valence-electron chi connectivity index (χ4n) is 1.48. The fourth-order valence-corrected chi connectivity index (χ4v) is 1.48. The topological polar surface area (TPSA) is 37.0 Å². The predicted octanol–water partition coefficient (Wildman–Crippen LogP) is 2.54. The van der Waals surface area contributed by atoms with Gasteiger partial charge in [0.1, 0.15) is 0 Å². The molecule has 0 bridgehead atoms. The average Bonchev–Trinajstić information content (AvgIpc) is 2.98. The molecule has 1 aliphatic carbocycles. The standard InChI is InChI=1S/C13H21N3/c1-13(2,3)15-9-12-8-11(6-7-14-12)16-10-4-5-10/h6-8,10,15H,4-5,9H2,1-3H3,(H,14,16). The van der Waals surface area contributed by atoms with Gasteiger partial charge in [0.15, 0.2) is 0 Å². The van der Waals surface area contributed by atoms with Crippen molar-refractivity contribution in [3.63, 3.8) is 0 Å². The summed E-state index contributed by atoms with van der Waals surface area (Å²) < 4.78 is 0. The van der Waals surface area contributed by atoms with E-state index in [1.54, 1.807) is 0 Å². The lowest BCUT2D eigenvalue weighted by Crippen LogP contribution is -2.35. The minimum atomic E-state index is 0.140. The van der Waals surface area contributed by atoms with Crippen LogP contribution in [0.2, 0.25) is 0 Å². The van der Waals surface area contributed by atoms with Crippen LogP contribution in [0, 0.1) is 0 Å². The van der Waals surface area contributed by atoms with Gasteiger partial charge in [0.05, 0.1) is 5.69 Å². The highest BCUT2D eigenvalue weighted by atomic mass is 15.0. The van der Waals surface area contributed by atoms with Crippen molar-refractivity contribution in [3.8, 4) is 0 Å². The summed E-state index contributed by atoms with van der Waals surface area (Å²) in [6.07, 6.45) is 4.49. The zero-order valence-corrected chi connectivity index (χ0v) is 10.4. The number of rotatable bonds is 4. The first kappa shape index (κ1) is 11.4. The molecule has 1 aliphatic rings. The zero-order valence-electron chi connectivity index (χ0n) is 10.4. The summed E-state index contributed by atoms with van der Waals surface area (Å²) in [4.78, 5) is 4.37. The Labute approximate surface area is 97.7 Å². The summed E-state index contributed by atoms with van der Waals surface area (Å²) in [7, 11) is 0. The van der Waals surface area contributed by atoms with Crippen LogP contribution in [0.1, 0.15) is 39.3 Å². The molecular weight excluding hydrogens is 198 g/mol. The third-order valence-corrected chi connectivity index (χ3v) is 2.56. The second-order valence-corrected chi connectivity index (χ2v) is 5.56. The van der Waals surface area contributed by atoms with Crippen LogP contribution in [0.5, 0.6) is 0 Å². The molecule has 3 nitrogen and oxygen atoms in total. The molecule has 0 radical (unpaired) electrons. The zero-order chi connectivity index (χ0) is 11.6. The van der Waals surface area contributed by atoms with Crippen LogP contribution in [-0.4, -0.2) is 16.6 Å². The second-order valence-electron chi connectivity index (χ2n) is 5.56. The number of pyridine rings is 1. The van der Waals surface area contributed by atoms with Crippen molar-refractivity contribution in [1.82, 2.24) is 10.3 Å². The van der Waals surface area contributed by atoms with Gasteiger partial charge in [0.2, 0.25) is 0 Å². The average molecular weight is 219 g/mol. The molecule has 88 valence electrons. The third kappa shape index (κ3) is 3.81. The molecule has 1 aromatic heterocycles. The highest BCUT2D eigenvalue weighted by molar-refractivity contribution is 5.45. The predicted molar refractivity (Wildman–Crippen MR) is 67.5 cm³/mol. The maximum absolute atomic E-state index is 4.37. The Hall–Kier alpha value is -1.09. The molecule has 2 rings (SSSR count). The van der Waals surface area contributed by atoms with Crippen molar-refractivity contribution >= 4 is 5.69 Å². The van der Waals surface area contributed by atoms with Crippen LogP contribution < -0.4 is 10.6 Å². The lowest BCUT2D eigenvalue weighted by Gasteiger charge is -2.20. The van der Waals surface area contributed by atoms with E-state index in [0.717, 1.165) is 12.2 Å². The quantitative estimate of drug-likeness (QED) is 0.817. The Morgan fingerprint density at radius 2 is 2.12 bits per heavy atom. The molecule has 0 saturated heterocycles. The lowest BCUT2D eigenvalue weighted by atomic mass is 10.1. The van der Waals surface area contributed by atoms with Gasteiger partial charge in [-0.25, -0.2) is 0 Å². The number of hydrogen-bond donors (Lipinski definition) is 2. The van der Waals surface area contributed by atoms with Crippen LogP contribution in [0.15, 0.2) is 18.3 Å². The minimum absolute atomic E-state index is 0.140. The SMILES string of the molecule is CC(C)(C)NCc1cc(NC2CC2)ccn1. The number of nitrogens with one attached hydrogen (secondary N) is 2. The van der Waals surface area contributed by atoms with E-state index in [1.165, 1.54) is 18.5 Å². The molecule has 1 aromatic rings. The molecule has 1 saturated carbocycles. The fraction of sp³-hybridized carbons (Fsp3) is 0.615. The van der Waals surface area contributed by atoms with E-state index in [0.29, 0.717) is 6.04 Å². The summed E-state index contributed by atoms with van der Waals surface area (Å²) >= 11 is 0. The number of aromatic nitrogens is 1. The molecule has 0 aliphatic heterocycles. The van der Waals surface area contributed by atoms with E-state index in [4.69, 9.17) is 0 Å². The minimum Gasteiger partial charge on any atom is -0.382 e. The summed E-state index contributed by atoms with van der Waals surface area (Å²) in [5.41, 5.74) is 2.44. The van der Waals surface area contributed by atoms with E-state index < -0.39 is 0 Å². The molecule has 2 N–H and O–H groups in total. The van der Waals surface area contributed by atoms with Crippen molar-refractivity contribution < 1.29 is 0 Å². The monoisotopic (exact) mass is 219 g/mol. The molecule has 0 unspecified atom stereocenters. The van der Waals surface area contributed by atoms with Gasteiger partial charge in [0, 0.05) is 30.0 Å². The summed E-state index contributed by atoms with van der Waals surface area (Å²) in [5.74, 6) is 0. The summed E-state index contributed by atoms with van der Waals surface area (Å²) in [5, 5.41) is 6.93. The molecule has 3 heteroatoms. The Kier molecular flexibility index (Phi) is 3.15. The second kappa shape index (κ2) is 4.42. The largest absolute Gasteiger partial charge is 0.382 e. The van der Waals surface area contributed by atoms with Crippen LogP contribution >= 0.6 is 0 Å². The van der Waals surface area contributed by atoms with E-state index in [-0.39, 0.29) is 5.54 Å². The van der Waals surface area contributed by atoms with E-state index in [2.05, 4.69) is 42.5 Å². The Balaban J connectivity index is 1.92. The van der Waals surface area contributed by atoms with Crippen LogP contribution in [0.25, 0.3) is 0 Å². The van der Waals surface area contributed by atoms with Gasteiger partial charge in [-0.2, -0.15) is 0 Å². The number of nitrogens with zero attached hydrogens (tertiary/aromatic N) is 1. The van der Waals surface area contributed by atoms with Gasteiger partial charge in [-0.05, 0) is 45.7 Å². The van der Waals surface area contributed by atoms with Gasteiger partial charge < -0.3 is 10.6 Å². The van der Waals surface area contributed by atoms with E-state index in [9.17, 15) is 0 Å². The molecule has 0 atom stereocenters. The van der Waals surface area contributed by atoms with Crippen LogP contribution in [0.3, 0.4) is 0 Å². The first-order valence-corrected chi connectivity index (χ1v) is 5.99. The van der Waals surface area contributed by atoms with E-state index in [1.807, 2.05) is 12.3 Å². The van der Waals surface area contributed by atoms with Crippen molar-refractivity contribution in [3.05, 3.63) is 24.0 Å². The normalized spacial score (nSPS) is 16.2. The van der Waals surface area contributed by atoms with Gasteiger partial charge in [-0.1, -0.05) is 0 Å². The Bertz CT molecular complexity index is 350. The van der Waals surface area contributed by atoms with Gasteiger partial charge in [0.25, 0.3) is 0 Å². The van der Waals surface area contributed by atoms with Gasteiger partial charge in [-0.3, -0.25) is 4.98 Å². The number of hydrogen-bond acceptors (Lipinski definition) is 3. The molecular formula is C13H21N3. The number of anilines is 1. The van der Waals surface area contributed by atoms with Crippen molar-refractivity contribution in [2.24, 2.45) is 0 Å². The highest BCUT2D eigenvalue weighted by Gasteiger charge is 2.20. The maximum atomic E-state index is 4.37. The lowest BCUT2D eigenvalue weighted by molar-refractivity contribution is 0.421. The van der Waals surface area contributed by atoms with Crippen molar-refractivity contribution in [1.29, 1.82) is 0 Å². The van der Waals surface area contributed by atoms with Crippen LogP contribution in [-0.2, 0) is 6.54 Å². The Morgan fingerprint density at radius 1 is 1.38 bits per heavy atom. The van der Waals surface area contributed by atoms with Crippen LogP contribution in [0.4, 0.5) is 5.69 Å². The molecule has 0 amide bonds. The maximum Gasteiger partial charge on any atom is 0.0562 e. The smallest absolute Gasteiger partial charge is 0.0562 e. The molecule has 16 heavy (non-hydrogen) atoms. The van der Waals surface area contributed by atoms with Gasteiger partial charge in [-0.15, -0.1) is 0 Å². The third-order valence-electron chi connectivity index (χ3n) is 2.56. The summed E-state index contributed by atoms with van der Waals surface area (Å²) in [6, 6.07) is 4.88. The molecule has 0 spiro atoms. The first-order valence-electron chi connectivity index (χ1n) is 5.99. The summed E-state index contributed by atoms with van der Waals surface area (Å²) in [6.45, 7) is 7.32. The first-order chi connectivity index (χ1) is 7.53. The van der Waals surface area contributed by atoms with E-state index >= 15 is 0 Å². The van der Waals surface area contributed by atoms with Crippen molar-refractivity contribution in [2.75, 3.05) is 5.32 Å².